The minimum Gasteiger partial charge on any atom is -0.480 e. The monoisotopic (exact) mass is 338 g/mol. The number of carboxylic acids is 1. The lowest BCUT2D eigenvalue weighted by Crippen LogP contribution is -2.42. The topological polar surface area (TPSA) is 136 Å². The normalized spacial score (nSPS) is 11.4. The first-order chi connectivity index (χ1) is 11.3. The van der Waals surface area contributed by atoms with Crippen molar-refractivity contribution < 1.29 is 29.2 Å². The van der Waals surface area contributed by atoms with Crippen molar-refractivity contribution in [2.24, 2.45) is 0 Å². The van der Waals surface area contributed by atoms with Crippen LogP contribution in [-0.4, -0.2) is 40.5 Å². The second-order valence-corrected chi connectivity index (χ2v) is 4.85. The van der Waals surface area contributed by atoms with E-state index in [4.69, 9.17) is 0 Å². The predicted octanol–water partition coefficient (Wildman–Crippen LogP) is 1.05. The Labute approximate surface area is 137 Å². The number of nitrogens with one attached hydrogen (secondary N) is 1. The van der Waals surface area contributed by atoms with Crippen LogP contribution >= 0.6 is 0 Å². The number of carboxylic acid groups (broad SMARTS) is 1. The molecular weight excluding hydrogens is 320 g/mol. The molecule has 2 N–H and O–H groups in total. The number of carbonyl (C=O) groups is 3. The standard InChI is InChI=1S/C15H18N2O7/c1-2-24-14(19)8-7-13(18)16-11(15(20)21)9-10-5-3-4-6-12(10)17(22)23/h3-6,11H,2,7-9H2,1H3,(H,16,18)(H,20,21)/t11-/m1/s1. The third-order valence-electron chi connectivity index (χ3n) is 3.11. The Morgan fingerprint density at radius 1 is 1.29 bits per heavy atom. The number of benzene rings is 1. The van der Waals surface area contributed by atoms with E-state index >= 15 is 0 Å². The molecule has 0 aliphatic heterocycles. The van der Waals surface area contributed by atoms with Crippen LogP contribution in [0.4, 0.5) is 5.69 Å². The summed E-state index contributed by atoms with van der Waals surface area (Å²) in [6, 6.07) is 4.37. The van der Waals surface area contributed by atoms with Gasteiger partial charge in [0.1, 0.15) is 6.04 Å². The van der Waals surface area contributed by atoms with Crippen LogP contribution in [0.25, 0.3) is 0 Å². The van der Waals surface area contributed by atoms with Crippen LogP contribution in [0.1, 0.15) is 25.3 Å². The number of hydrogen-bond donors (Lipinski definition) is 2. The largest absolute Gasteiger partial charge is 0.480 e. The molecule has 0 unspecified atom stereocenters. The first-order valence-electron chi connectivity index (χ1n) is 7.25. The Morgan fingerprint density at radius 3 is 2.54 bits per heavy atom. The third-order valence-corrected chi connectivity index (χ3v) is 3.11. The van der Waals surface area contributed by atoms with Crippen molar-refractivity contribution in [3.8, 4) is 0 Å². The zero-order chi connectivity index (χ0) is 18.1. The van der Waals surface area contributed by atoms with Crippen molar-refractivity contribution in [1.82, 2.24) is 5.32 Å². The summed E-state index contributed by atoms with van der Waals surface area (Å²) in [5.74, 6) is -2.52. The molecular formula is C15H18N2O7. The van der Waals surface area contributed by atoms with Crippen molar-refractivity contribution in [2.45, 2.75) is 32.2 Å². The van der Waals surface area contributed by atoms with Gasteiger partial charge in [0.25, 0.3) is 5.69 Å². The van der Waals surface area contributed by atoms with Crippen molar-refractivity contribution in [3.63, 3.8) is 0 Å². The zero-order valence-electron chi connectivity index (χ0n) is 13.1. The number of esters is 1. The lowest BCUT2D eigenvalue weighted by molar-refractivity contribution is -0.385. The van der Waals surface area contributed by atoms with Crippen molar-refractivity contribution in [3.05, 3.63) is 39.9 Å². The van der Waals surface area contributed by atoms with E-state index in [1.807, 2.05) is 0 Å². The molecule has 0 heterocycles. The number of para-hydroxylation sites is 1. The van der Waals surface area contributed by atoms with E-state index in [1.54, 1.807) is 13.0 Å². The smallest absolute Gasteiger partial charge is 0.326 e. The van der Waals surface area contributed by atoms with E-state index in [0.29, 0.717) is 0 Å². The van der Waals surface area contributed by atoms with E-state index in [9.17, 15) is 29.6 Å². The van der Waals surface area contributed by atoms with E-state index in [-0.39, 0.29) is 37.1 Å². The summed E-state index contributed by atoms with van der Waals surface area (Å²) < 4.78 is 4.67. The minimum absolute atomic E-state index is 0.169. The van der Waals surface area contributed by atoms with Crippen LogP contribution in [0, 0.1) is 10.1 Å². The SMILES string of the molecule is CCOC(=O)CCC(=O)N[C@H](Cc1ccccc1[N+](=O)[O-])C(=O)O. The molecule has 0 radical (unpaired) electrons. The summed E-state index contributed by atoms with van der Waals surface area (Å²) in [5.41, 5.74) is -0.0230. The summed E-state index contributed by atoms with van der Waals surface area (Å²) in [7, 11) is 0. The summed E-state index contributed by atoms with van der Waals surface area (Å²) in [4.78, 5) is 44.6. The Bertz CT molecular complexity index is 630. The second-order valence-electron chi connectivity index (χ2n) is 4.85. The molecule has 1 aromatic carbocycles. The highest BCUT2D eigenvalue weighted by Crippen LogP contribution is 2.19. The average Bonchev–Trinajstić information content (AvgIpc) is 2.52. The van der Waals surface area contributed by atoms with Gasteiger partial charge in [-0.2, -0.15) is 0 Å². The lowest BCUT2D eigenvalue weighted by atomic mass is 10.0. The molecule has 0 fully saturated rings. The van der Waals surface area contributed by atoms with Crippen molar-refractivity contribution in [1.29, 1.82) is 0 Å². The number of carbonyl (C=O) groups excluding carboxylic acids is 2. The molecule has 0 aromatic heterocycles. The summed E-state index contributed by atoms with van der Waals surface area (Å²) in [5, 5.41) is 22.4. The molecule has 1 aromatic rings. The molecule has 0 saturated heterocycles. The molecule has 0 bridgehead atoms. The first-order valence-corrected chi connectivity index (χ1v) is 7.25. The number of hydrogen-bond acceptors (Lipinski definition) is 6. The van der Waals surface area contributed by atoms with Gasteiger partial charge >= 0.3 is 11.9 Å². The van der Waals surface area contributed by atoms with E-state index < -0.39 is 28.8 Å². The molecule has 9 nitrogen and oxygen atoms in total. The maximum Gasteiger partial charge on any atom is 0.326 e. The maximum atomic E-state index is 11.8. The molecule has 1 rings (SSSR count). The lowest BCUT2D eigenvalue weighted by Gasteiger charge is -2.14. The number of nitrogens with zero attached hydrogens (tertiary/aromatic N) is 1. The summed E-state index contributed by atoms with van der Waals surface area (Å²) in [6.45, 7) is 1.82. The van der Waals surface area contributed by atoms with Gasteiger partial charge in [0.05, 0.1) is 18.0 Å². The maximum absolute atomic E-state index is 11.8. The van der Waals surface area contributed by atoms with Gasteiger partial charge in [0.15, 0.2) is 0 Å². The second kappa shape index (κ2) is 9.23. The van der Waals surface area contributed by atoms with E-state index in [1.165, 1.54) is 18.2 Å². The molecule has 0 aliphatic rings. The predicted molar refractivity (Wildman–Crippen MR) is 82.2 cm³/mol. The Hall–Kier alpha value is -2.97. The third kappa shape index (κ3) is 6.03. The van der Waals surface area contributed by atoms with Gasteiger partial charge in [-0.25, -0.2) is 4.79 Å². The first kappa shape index (κ1) is 19.1. The molecule has 24 heavy (non-hydrogen) atoms. The highest BCUT2D eigenvalue weighted by Gasteiger charge is 2.24. The van der Waals surface area contributed by atoms with Crippen LogP contribution in [0.15, 0.2) is 24.3 Å². The number of nitro groups is 1. The van der Waals surface area contributed by atoms with Crippen molar-refractivity contribution in [2.75, 3.05) is 6.61 Å². The van der Waals surface area contributed by atoms with Gasteiger partial charge in [-0.05, 0) is 6.92 Å². The van der Waals surface area contributed by atoms with Crippen LogP contribution in [-0.2, 0) is 25.5 Å². The fourth-order valence-corrected chi connectivity index (χ4v) is 2.00. The quantitative estimate of drug-likeness (QED) is 0.390. The van der Waals surface area contributed by atoms with Gasteiger partial charge in [0.2, 0.25) is 5.91 Å². The molecule has 0 aliphatic carbocycles. The zero-order valence-corrected chi connectivity index (χ0v) is 13.1. The molecule has 9 heteroatoms. The summed E-state index contributed by atoms with van der Waals surface area (Å²) >= 11 is 0. The summed E-state index contributed by atoms with van der Waals surface area (Å²) in [6.07, 6.45) is -0.630. The van der Waals surface area contributed by atoms with Crippen LogP contribution < -0.4 is 5.32 Å². The average molecular weight is 338 g/mol. The Morgan fingerprint density at radius 2 is 1.96 bits per heavy atom. The van der Waals surface area contributed by atoms with E-state index in [2.05, 4.69) is 10.1 Å². The van der Waals surface area contributed by atoms with Crippen LogP contribution in [0.5, 0.6) is 0 Å². The van der Waals surface area contributed by atoms with Gasteiger partial charge < -0.3 is 15.2 Å². The van der Waals surface area contributed by atoms with E-state index in [0.717, 1.165) is 0 Å². The van der Waals surface area contributed by atoms with Crippen LogP contribution in [0.3, 0.4) is 0 Å². The Kier molecular flexibility index (Phi) is 7.34. The van der Waals surface area contributed by atoms with Gasteiger partial charge in [0, 0.05) is 24.5 Å². The van der Waals surface area contributed by atoms with Crippen LogP contribution in [0.2, 0.25) is 0 Å². The number of amides is 1. The highest BCUT2D eigenvalue weighted by atomic mass is 16.6. The number of nitro benzene ring substituents is 1. The fourth-order valence-electron chi connectivity index (χ4n) is 2.00. The number of rotatable bonds is 9. The van der Waals surface area contributed by atoms with Crippen molar-refractivity contribution >= 4 is 23.5 Å². The molecule has 1 atom stereocenters. The Balaban J connectivity index is 2.72. The molecule has 130 valence electrons. The number of ether oxygens (including phenoxy) is 1. The molecule has 0 spiro atoms. The minimum atomic E-state index is -1.33. The van der Waals surface area contributed by atoms with Gasteiger partial charge in [-0.3, -0.25) is 19.7 Å². The van der Waals surface area contributed by atoms with Gasteiger partial charge in [-0.15, -0.1) is 0 Å². The molecule has 0 saturated carbocycles. The van der Waals surface area contributed by atoms with Gasteiger partial charge in [-0.1, -0.05) is 18.2 Å². The number of aliphatic carboxylic acids is 1. The highest BCUT2D eigenvalue weighted by molar-refractivity contribution is 5.86. The fraction of sp³-hybridized carbons (Fsp3) is 0.400. The molecule has 1 amide bonds.